The SMILES string of the molecule is C[C@H](C(=O)N1CCSCC1)[C@@H]1CC[C@@]2(C)Cc3sc(CS(=O)(=O)C(C)(C)C)nc3[C@@H](C)[C@@H]2[C@H]1O. The molecule has 3 aliphatic rings. The van der Waals surface area contributed by atoms with Crippen LogP contribution in [0, 0.1) is 23.2 Å². The number of sulfone groups is 1. The first kappa shape index (κ1) is 26.4. The van der Waals surface area contributed by atoms with Gasteiger partial charge in [0.15, 0.2) is 9.84 Å². The van der Waals surface area contributed by atoms with Gasteiger partial charge in [0.1, 0.15) is 10.8 Å². The predicted octanol–water partition coefficient (Wildman–Crippen LogP) is 4.12. The van der Waals surface area contributed by atoms with E-state index in [2.05, 4.69) is 13.8 Å². The Morgan fingerprint density at radius 1 is 1.29 bits per heavy atom. The van der Waals surface area contributed by atoms with Gasteiger partial charge in [-0.3, -0.25) is 4.79 Å². The van der Waals surface area contributed by atoms with Gasteiger partial charge in [0.25, 0.3) is 0 Å². The predicted molar refractivity (Wildman–Crippen MR) is 140 cm³/mol. The highest BCUT2D eigenvalue weighted by atomic mass is 32.2. The molecule has 2 heterocycles. The maximum absolute atomic E-state index is 13.2. The van der Waals surface area contributed by atoms with E-state index in [0.717, 1.165) is 49.6 Å². The number of thioether (sulfide) groups is 1. The van der Waals surface area contributed by atoms with Crippen LogP contribution in [-0.4, -0.2) is 64.8 Å². The molecule has 34 heavy (non-hydrogen) atoms. The summed E-state index contributed by atoms with van der Waals surface area (Å²) in [5, 5.41) is 12.3. The number of carbonyl (C=O) groups excluding carboxylic acids is 1. The van der Waals surface area contributed by atoms with Gasteiger partial charge >= 0.3 is 0 Å². The zero-order valence-corrected chi connectivity index (χ0v) is 23.8. The number of aliphatic hydroxyl groups is 1. The number of carbonyl (C=O) groups is 1. The first-order chi connectivity index (χ1) is 15.7. The third-order valence-corrected chi connectivity index (χ3v) is 13.3. The minimum absolute atomic E-state index is 0.0140. The zero-order chi connectivity index (χ0) is 25.1. The van der Waals surface area contributed by atoms with E-state index in [0.29, 0.717) is 5.01 Å². The quantitative estimate of drug-likeness (QED) is 0.633. The summed E-state index contributed by atoms with van der Waals surface area (Å²) in [5.74, 6) is 1.92. The Balaban J connectivity index is 1.56. The van der Waals surface area contributed by atoms with Crippen molar-refractivity contribution in [2.24, 2.45) is 23.2 Å². The lowest BCUT2D eigenvalue weighted by Crippen LogP contribution is -2.54. The molecule has 0 spiro atoms. The molecule has 1 amide bonds. The van der Waals surface area contributed by atoms with Crippen LogP contribution in [-0.2, 0) is 26.8 Å². The third-order valence-electron chi connectivity index (χ3n) is 8.57. The molecule has 4 rings (SSSR count). The van der Waals surface area contributed by atoms with Crippen LogP contribution in [0.3, 0.4) is 0 Å². The van der Waals surface area contributed by atoms with Crippen LogP contribution in [0.5, 0.6) is 0 Å². The molecule has 0 bridgehead atoms. The fourth-order valence-corrected chi connectivity index (χ4v) is 9.89. The zero-order valence-electron chi connectivity index (χ0n) is 21.3. The van der Waals surface area contributed by atoms with E-state index in [1.54, 1.807) is 20.8 Å². The molecule has 0 radical (unpaired) electrons. The van der Waals surface area contributed by atoms with Gasteiger partial charge < -0.3 is 10.0 Å². The van der Waals surface area contributed by atoms with Gasteiger partial charge in [0, 0.05) is 41.3 Å². The molecule has 0 aromatic carbocycles. The number of thiazole rings is 1. The van der Waals surface area contributed by atoms with Crippen LogP contribution >= 0.6 is 23.1 Å². The normalized spacial score (nSPS) is 33.2. The number of hydrogen-bond donors (Lipinski definition) is 1. The number of fused-ring (bicyclic) bond motifs is 2. The average Bonchev–Trinajstić information content (AvgIpc) is 3.14. The first-order valence-electron chi connectivity index (χ1n) is 12.5. The molecular weight excluding hydrogens is 488 g/mol. The van der Waals surface area contributed by atoms with Crippen molar-refractivity contribution < 1.29 is 18.3 Å². The van der Waals surface area contributed by atoms with E-state index in [9.17, 15) is 18.3 Å². The maximum atomic E-state index is 13.2. The Labute approximate surface area is 213 Å². The van der Waals surface area contributed by atoms with Gasteiger partial charge in [-0.2, -0.15) is 11.8 Å². The summed E-state index contributed by atoms with van der Waals surface area (Å²) in [4.78, 5) is 21.2. The number of aromatic nitrogens is 1. The van der Waals surface area contributed by atoms with Crippen LogP contribution in [0.2, 0.25) is 0 Å². The van der Waals surface area contributed by atoms with Crippen LogP contribution in [0.4, 0.5) is 0 Å². The molecule has 192 valence electrons. The van der Waals surface area contributed by atoms with Crippen molar-refractivity contribution in [3.05, 3.63) is 15.6 Å². The van der Waals surface area contributed by atoms with Crippen LogP contribution in [0.15, 0.2) is 0 Å². The molecule has 2 fully saturated rings. The second-order valence-corrected chi connectivity index (χ2v) is 17.0. The van der Waals surface area contributed by atoms with Crippen LogP contribution < -0.4 is 0 Å². The fourth-order valence-electron chi connectivity index (χ4n) is 6.29. The summed E-state index contributed by atoms with van der Waals surface area (Å²) >= 11 is 3.43. The van der Waals surface area contributed by atoms with Crippen LogP contribution in [0.1, 0.15) is 75.9 Å². The molecule has 1 aromatic rings. The summed E-state index contributed by atoms with van der Waals surface area (Å²) in [6.07, 6.45) is 2.06. The molecule has 2 aliphatic carbocycles. The fraction of sp³-hybridized carbons (Fsp3) is 0.840. The summed E-state index contributed by atoms with van der Waals surface area (Å²) in [6, 6.07) is 0. The monoisotopic (exact) mass is 528 g/mol. The van der Waals surface area contributed by atoms with Crippen molar-refractivity contribution >= 4 is 38.8 Å². The molecule has 1 N–H and O–H groups in total. The van der Waals surface area contributed by atoms with E-state index >= 15 is 0 Å². The van der Waals surface area contributed by atoms with Crippen LogP contribution in [0.25, 0.3) is 0 Å². The number of aliphatic hydroxyl groups excluding tert-OH is 1. The number of nitrogens with zero attached hydrogens (tertiary/aromatic N) is 2. The third kappa shape index (κ3) is 4.71. The highest BCUT2D eigenvalue weighted by Crippen LogP contribution is 2.57. The number of rotatable bonds is 4. The van der Waals surface area contributed by atoms with Crippen molar-refractivity contribution in [1.82, 2.24) is 9.88 Å². The standard InChI is InChI=1S/C25H40N2O4S3/c1-15(23(29)27-9-11-32-12-10-27)17-7-8-25(6)13-18-21(16(2)20(25)22(17)28)26-19(33-18)14-34(30,31)24(3,4)5/h15-17,20,22,28H,7-14H2,1-6H3/t15-,16-,17-,20+,22-,25-/m0/s1. The molecule has 9 heteroatoms. The molecule has 1 saturated carbocycles. The summed E-state index contributed by atoms with van der Waals surface area (Å²) in [5.41, 5.74) is 0.887. The van der Waals surface area contributed by atoms with E-state index in [1.807, 2.05) is 23.6 Å². The smallest absolute Gasteiger partial charge is 0.225 e. The topological polar surface area (TPSA) is 87.6 Å². The van der Waals surface area contributed by atoms with E-state index in [1.165, 1.54) is 16.2 Å². The lowest BCUT2D eigenvalue weighted by atomic mass is 9.53. The van der Waals surface area contributed by atoms with E-state index in [4.69, 9.17) is 4.98 Å². The molecule has 6 nitrogen and oxygen atoms in total. The second-order valence-electron chi connectivity index (χ2n) is 11.9. The molecule has 1 aromatic heterocycles. The molecular formula is C25H40N2O4S3. The average molecular weight is 529 g/mol. The van der Waals surface area contributed by atoms with Gasteiger partial charge in [-0.25, -0.2) is 13.4 Å². The summed E-state index contributed by atoms with van der Waals surface area (Å²) in [7, 11) is -3.30. The van der Waals surface area contributed by atoms with Crippen molar-refractivity contribution in [2.75, 3.05) is 24.6 Å². The van der Waals surface area contributed by atoms with Crippen molar-refractivity contribution in [3.8, 4) is 0 Å². The summed E-state index contributed by atoms with van der Waals surface area (Å²) in [6.45, 7) is 13.2. The van der Waals surface area contributed by atoms with E-state index in [-0.39, 0.29) is 40.7 Å². The Kier molecular flexibility index (Phi) is 7.26. The van der Waals surface area contributed by atoms with Gasteiger partial charge in [0.05, 0.1) is 16.5 Å². The van der Waals surface area contributed by atoms with Gasteiger partial charge in [-0.1, -0.05) is 20.8 Å². The Hall–Kier alpha value is -0.640. The van der Waals surface area contributed by atoms with Gasteiger partial charge in [-0.05, 0) is 57.3 Å². The Morgan fingerprint density at radius 3 is 2.56 bits per heavy atom. The second kappa shape index (κ2) is 9.34. The largest absolute Gasteiger partial charge is 0.392 e. The minimum Gasteiger partial charge on any atom is -0.392 e. The lowest BCUT2D eigenvalue weighted by Gasteiger charge is -2.53. The molecule has 1 saturated heterocycles. The molecule has 1 aliphatic heterocycles. The Bertz CT molecular complexity index is 1030. The lowest BCUT2D eigenvalue weighted by molar-refractivity contribution is -0.144. The van der Waals surface area contributed by atoms with Crippen molar-refractivity contribution in [1.29, 1.82) is 0 Å². The van der Waals surface area contributed by atoms with Crippen molar-refractivity contribution in [3.63, 3.8) is 0 Å². The highest BCUT2D eigenvalue weighted by Gasteiger charge is 2.54. The maximum Gasteiger partial charge on any atom is 0.225 e. The number of hydrogen-bond acceptors (Lipinski definition) is 7. The Morgan fingerprint density at radius 2 is 1.94 bits per heavy atom. The minimum atomic E-state index is -3.30. The number of amides is 1. The molecule has 0 unspecified atom stereocenters. The van der Waals surface area contributed by atoms with Gasteiger partial charge in [0.2, 0.25) is 5.91 Å². The summed E-state index contributed by atoms with van der Waals surface area (Å²) < 4.78 is 24.8. The highest BCUT2D eigenvalue weighted by molar-refractivity contribution is 7.99. The molecule has 6 atom stereocenters. The van der Waals surface area contributed by atoms with Crippen molar-refractivity contribution in [2.45, 2.75) is 83.3 Å². The van der Waals surface area contributed by atoms with E-state index < -0.39 is 20.7 Å². The first-order valence-corrected chi connectivity index (χ1v) is 16.1. The van der Waals surface area contributed by atoms with Gasteiger partial charge in [-0.15, -0.1) is 11.3 Å².